The third kappa shape index (κ3) is 5.08. The van der Waals surface area contributed by atoms with Crippen LogP contribution in [0.25, 0.3) is 5.76 Å². The first-order valence-corrected chi connectivity index (χ1v) is 13.1. The van der Waals surface area contributed by atoms with Crippen molar-refractivity contribution in [2.75, 3.05) is 12.0 Å². The summed E-state index contributed by atoms with van der Waals surface area (Å²) in [5.41, 5.74) is 5.35. The summed E-state index contributed by atoms with van der Waals surface area (Å²) in [4.78, 5) is 28.6. The van der Waals surface area contributed by atoms with Gasteiger partial charge in [-0.25, -0.2) is 0 Å². The minimum atomic E-state index is -0.843. The third-order valence-electron chi connectivity index (χ3n) is 7.16. The summed E-state index contributed by atoms with van der Waals surface area (Å²) in [6.07, 6.45) is 0. The number of rotatable bonds is 7. The molecule has 202 valence electrons. The number of ketones is 1. The van der Waals surface area contributed by atoms with E-state index in [0.29, 0.717) is 34.9 Å². The highest BCUT2D eigenvalue weighted by atomic mass is 16.5. The number of carbonyl (C=O) groups is 2. The molecule has 1 saturated heterocycles. The molecule has 1 aliphatic rings. The van der Waals surface area contributed by atoms with Gasteiger partial charge in [0, 0.05) is 11.3 Å². The zero-order valence-corrected chi connectivity index (χ0v) is 23.0. The van der Waals surface area contributed by atoms with E-state index in [-0.39, 0.29) is 11.3 Å². The van der Waals surface area contributed by atoms with Crippen molar-refractivity contribution in [3.63, 3.8) is 0 Å². The van der Waals surface area contributed by atoms with Gasteiger partial charge in [-0.05, 0) is 85.0 Å². The number of nitrogens with zero attached hydrogens (tertiary/aromatic N) is 1. The second-order valence-corrected chi connectivity index (χ2v) is 9.99. The highest BCUT2D eigenvalue weighted by molar-refractivity contribution is 6.51. The van der Waals surface area contributed by atoms with Gasteiger partial charge in [0.1, 0.15) is 23.9 Å². The van der Waals surface area contributed by atoms with Crippen LogP contribution in [0.5, 0.6) is 11.5 Å². The van der Waals surface area contributed by atoms with E-state index < -0.39 is 17.7 Å². The molecule has 6 heteroatoms. The molecule has 1 unspecified atom stereocenters. The smallest absolute Gasteiger partial charge is 0.300 e. The highest BCUT2D eigenvalue weighted by Crippen LogP contribution is 2.44. The van der Waals surface area contributed by atoms with Gasteiger partial charge in [0.25, 0.3) is 11.7 Å². The molecule has 1 heterocycles. The van der Waals surface area contributed by atoms with E-state index in [9.17, 15) is 14.7 Å². The van der Waals surface area contributed by atoms with Crippen molar-refractivity contribution < 1.29 is 24.2 Å². The Morgan fingerprint density at radius 1 is 0.850 bits per heavy atom. The number of aliphatic hydroxyl groups excluding tert-OH is 1. The van der Waals surface area contributed by atoms with Crippen LogP contribution in [0.4, 0.5) is 5.69 Å². The van der Waals surface area contributed by atoms with Crippen molar-refractivity contribution in [1.82, 2.24) is 0 Å². The lowest BCUT2D eigenvalue weighted by atomic mass is 9.94. The number of ether oxygens (including phenoxy) is 2. The van der Waals surface area contributed by atoms with Crippen molar-refractivity contribution in [3.05, 3.63) is 130 Å². The number of aryl methyl sites for hydroxylation is 3. The van der Waals surface area contributed by atoms with Crippen LogP contribution in [0.15, 0.2) is 96.6 Å². The SMILES string of the molecule is COc1cccc(C2/C(=C(/O)c3ccc(OCc4ccccc4)c(C)c3)C(=O)C(=O)N2c2cc(C)ccc2C)c1. The van der Waals surface area contributed by atoms with Crippen LogP contribution in [0.3, 0.4) is 0 Å². The summed E-state index contributed by atoms with van der Waals surface area (Å²) in [7, 11) is 1.56. The lowest BCUT2D eigenvalue weighted by Crippen LogP contribution is -2.30. The molecule has 1 N–H and O–H groups in total. The van der Waals surface area contributed by atoms with Gasteiger partial charge >= 0.3 is 0 Å². The molecular weight excluding hydrogens is 502 g/mol. The van der Waals surface area contributed by atoms with Gasteiger partial charge in [0.2, 0.25) is 0 Å². The molecule has 0 radical (unpaired) electrons. The summed E-state index contributed by atoms with van der Waals surface area (Å²) in [5, 5.41) is 11.6. The summed E-state index contributed by atoms with van der Waals surface area (Å²) < 4.78 is 11.4. The van der Waals surface area contributed by atoms with E-state index in [2.05, 4.69) is 0 Å². The van der Waals surface area contributed by atoms with Crippen molar-refractivity contribution in [3.8, 4) is 11.5 Å². The molecule has 40 heavy (non-hydrogen) atoms. The fraction of sp³-hybridized carbons (Fsp3) is 0.176. The summed E-state index contributed by atoms with van der Waals surface area (Å²) >= 11 is 0. The van der Waals surface area contributed by atoms with Crippen LogP contribution in [0.2, 0.25) is 0 Å². The second kappa shape index (κ2) is 11.1. The van der Waals surface area contributed by atoms with Crippen LogP contribution >= 0.6 is 0 Å². The molecule has 1 fully saturated rings. The van der Waals surface area contributed by atoms with Crippen LogP contribution in [-0.4, -0.2) is 23.9 Å². The molecule has 0 aromatic heterocycles. The lowest BCUT2D eigenvalue weighted by molar-refractivity contribution is -0.132. The van der Waals surface area contributed by atoms with E-state index in [0.717, 1.165) is 22.3 Å². The monoisotopic (exact) mass is 533 g/mol. The van der Waals surface area contributed by atoms with E-state index in [1.54, 1.807) is 43.5 Å². The number of methoxy groups -OCH3 is 1. The van der Waals surface area contributed by atoms with Crippen molar-refractivity contribution in [2.24, 2.45) is 0 Å². The number of hydrogen-bond acceptors (Lipinski definition) is 5. The normalized spacial score (nSPS) is 16.3. The number of amides is 1. The number of carbonyl (C=O) groups excluding carboxylic acids is 2. The standard InChI is InChI=1S/C34H31NO5/c1-21-13-14-22(2)28(17-21)35-31(25-11-8-12-27(19-25)39-4)30(33(37)34(35)38)32(36)26-15-16-29(23(3)18-26)40-20-24-9-6-5-7-10-24/h5-19,31,36H,20H2,1-4H3/b32-30-. The van der Waals surface area contributed by atoms with Gasteiger partial charge in [0.15, 0.2) is 0 Å². The molecule has 1 atom stereocenters. The van der Waals surface area contributed by atoms with Crippen LogP contribution < -0.4 is 14.4 Å². The maximum atomic E-state index is 13.6. The number of Topliss-reactive ketones (excluding diaryl/α,β-unsaturated/α-hetero) is 1. The average molecular weight is 534 g/mol. The first kappa shape index (κ1) is 26.8. The van der Waals surface area contributed by atoms with Gasteiger partial charge in [0.05, 0.1) is 18.7 Å². The zero-order chi connectivity index (χ0) is 28.4. The molecule has 0 saturated carbocycles. The molecule has 0 bridgehead atoms. The predicted octanol–water partition coefficient (Wildman–Crippen LogP) is 6.83. The molecule has 4 aromatic rings. The van der Waals surface area contributed by atoms with Gasteiger partial charge < -0.3 is 14.6 Å². The number of anilines is 1. The topological polar surface area (TPSA) is 76.1 Å². The largest absolute Gasteiger partial charge is 0.507 e. The predicted molar refractivity (Wildman–Crippen MR) is 156 cm³/mol. The molecule has 0 aliphatic carbocycles. The Morgan fingerprint density at radius 2 is 1.62 bits per heavy atom. The van der Waals surface area contributed by atoms with Gasteiger partial charge in [-0.3, -0.25) is 14.5 Å². The maximum Gasteiger partial charge on any atom is 0.300 e. The Hall–Kier alpha value is -4.84. The van der Waals surface area contributed by atoms with E-state index in [4.69, 9.17) is 9.47 Å². The van der Waals surface area contributed by atoms with E-state index in [1.165, 1.54) is 4.90 Å². The minimum Gasteiger partial charge on any atom is -0.507 e. The zero-order valence-electron chi connectivity index (χ0n) is 23.0. The molecule has 4 aromatic carbocycles. The Balaban J connectivity index is 1.60. The third-order valence-corrected chi connectivity index (χ3v) is 7.16. The second-order valence-electron chi connectivity index (χ2n) is 9.99. The van der Waals surface area contributed by atoms with Crippen molar-refractivity contribution in [2.45, 2.75) is 33.4 Å². The number of aliphatic hydroxyl groups is 1. The lowest BCUT2D eigenvalue weighted by Gasteiger charge is -2.27. The Morgan fingerprint density at radius 3 is 2.35 bits per heavy atom. The molecular formula is C34H31NO5. The van der Waals surface area contributed by atoms with Crippen molar-refractivity contribution >= 4 is 23.1 Å². The Bertz CT molecular complexity index is 1620. The molecule has 1 amide bonds. The quantitative estimate of drug-likeness (QED) is 0.160. The van der Waals surface area contributed by atoms with E-state index in [1.807, 2.05) is 75.4 Å². The molecule has 1 aliphatic heterocycles. The van der Waals surface area contributed by atoms with Crippen LogP contribution in [-0.2, 0) is 16.2 Å². The molecule has 0 spiro atoms. The fourth-order valence-corrected chi connectivity index (χ4v) is 5.04. The summed E-state index contributed by atoms with van der Waals surface area (Å²) in [5.74, 6) is -0.423. The first-order valence-electron chi connectivity index (χ1n) is 13.1. The van der Waals surface area contributed by atoms with Gasteiger partial charge in [-0.2, -0.15) is 0 Å². The molecule has 5 rings (SSSR count). The first-order chi connectivity index (χ1) is 19.3. The minimum absolute atomic E-state index is 0.0245. The van der Waals surface area contributed by atoms with Crippen LogP contribution in [0, 0.1) is 20.8 Å². The van der Waals surface area contributed by atoms with E-state index >= 15 is 0 Å². The number of benzene rings is 4. The highest BCUT2D eigenvalue weighted by Gasteiger charge is 2.47. The Labute approximate surface area is 234 Å². The molecule has 6 nitrogen and oxygen atoms in total. The van der Waals surface area contributed by atoms with Gasteiger partial charge in [-0.15, -0.1) is 0 Å². The summed E-state index contributed by atoms with van der Waals surface area (Å²) in [6.45, 7) is 6.12. The maximum absolute atomic E-state index is 13.6. The fourth-order valence-electron chi connectivity index (χ4n) is 5.04. The van der Waals surface area contributed by atoms with Gasteiger partial charge in [-0.1, -0.05) is 54.6 Å². The van der Waals surface area contributed by atoms with Crippen LogP contribution in [0.1, 0.15) is 39.4 Å². The van der Waals surface area contributed by atoms with Crippen molar-refractivity contribution in [1.29, 1.82) is 0 Å². The summed E-state index contributed by atoms with van der Waals surface area (Å²) in [6, 6.07) is 27.2. The average Bonchev–Trinajstić information content (AvgIpc) is 3.23. The Kier molecular flexibility index (Phi) is 7.43. The number of hydrogen-bond donors (Lipinski definition) is 1.